The second-order valence-corrected chi connectivity index (χ2v) is 9.47. The SMILES string of the molecule is COC(=O)c1ccccc1-n1c(C)cc([C@@H]2[C@@H](c3ccccn3)NC(=S)N2C[C@@H]2CCCO2)c1C. The van der Waals surface area contributed by atoms with Crippen LogP contribution in [0.2, 0.25) is 0 Å². The zero-order valence-electron chi connectivity index (χ0n) is 20.2. The van der Waals surface area contributed by atoms with Gasteiger partial charge in [-0.25, -0.2) is 4.79 Å². The van der Waals surface area contributed by atoms with Crippen LogP contribution in [0.15, 0.2) is 54.7 Å². The molecule has 2 aliphatic heterocycles. The molecule has 2 aliphatic rings. The average Bonchev–Trinajstić information content (AvgIpc) is 3.58. The van der Waals surface area contributed by atoms with Crippen molar-refractivity contribution in [2.24, 2.45) is 0 Å². The van der Waals surface area contributed by atoms with Crippen LogP contribution in [0.25, 0.3) is 5.69 Å². The highest BCUT2D eigenvalue weighted by Crippen LogP contribution is 2.42. The van der Waals surface area contributed by atoms with Crippen molar-refractivity contribution in [1.29, 1.82) is 0 Å². The minimum Gasteiger partial charge on any atom is -0.465 e. The molecule has 0 spiro atoms. The number of thiocarbonyl (C=S) groups is 1. The Balaban J connectivity index is 1.61. The molecule has 5 rings (SSSR count). The number of hydrogen-bond acceptors (Lipinski definition) is 5. The predicted molar refractivity (Wildman–Crippen MR) is 138 cm³/mol. The predicted octanol–water partition coefficient (Wildman–Crippen LogP) is 4.43. The summed E-state index contributed by atoms with van der Waals surface area (Å²) in [6, 6.07) is 15.5. The van der Waals surface area contributed by atoms with Gasteiger partial charge in [-0.1, -0.05) is 18.2 Å². The molecule has 0 saturated carbocycles. The van der Waals surface area contributed by atoms with Crippen molar-refractivity contribution in [1.82, 2.24) is 19.8 Å². The molecule has 0 amide bonds. The van der Waals surface area contributed by atoms with E-state index in [0.717, 1.165) is 54.3 Å². The molecule has 4 heterocycles. The first kappa shape index (κ1) is 23.5. The van der Waals surface area contributed by atoms with Crippen LogP contribution in [0.1, 0.15) is 57.9 Å². The molecule has 2 fully saturated rings. The van der Waals surface area contributed by atoms with E-state index in [9.17, 15) is 4.79 Å². The lowest BCUT2D eigenvalue weighted by Crippen LogP contribution is -2.36. The highest BCUT2D eigenvalue weighted by molar-refractivity contribution is 7.80. The zero-order chi connectivity index (χ0) is 24.5. The third-order valence-corrected chi connectivity index (χ3v) is 7.31. The van der Waals surface area contributed by atoms with Crippen LogP contribution in [-0.4, -0.2) is 51.9 Å². The summed E-state index contributed by atoms with van der Waals surface area (Å²) >= 11 is 5.84. The molecule has 0 radical (unpaired) electrons. The standard InChI is InChI=1S/C27H30N4O3S/c1-17-15-21(18(2)31(17)23-12-5-4-10-20(23)26(32)33-3)25-24(22-11-6-7-13-28-22)29-27(35)30(25)16-19-9-8-14-34-19/h4-7,10-13,15,19,24-25H,8-9,14,16H2,1-3H3,(H,29,35)/t19-,24+,25+/m0/s1. The number of nitrogens with one attached hydrogen (secondary N) is 1. The van der Waals surface area contributed by atoms with Crippen molar-refractivity contribution in [3.8, 4) is 5.69 Å². The molecular weight excluding hydrogens is 460 g/mol. The van der Waals surface area contributed by atoms with Gasteiger partial charge in [-0.05, 0) is 74.8 Å². The molecule has 182 valence electrons. The second kappa shape index (κ2) is 9.79. The third-order valence-electron chi connectivity index (χ3n) is 6.96. The van der Waals surface area contributed by atoms with Gasteiger partial charge in [0.15, 0.2) is 5.11 Å². The maximum absolute atomic E-state index is 12.5. The van der Waals surface area contributed by atoms with Crippen molar-refractivity contribution in [3.05, 3.63) is 82.9 Å². The number of rotatable bonds is 6. The second-order valence-electron chi connectivity index (χ2n) is 9.08. The molecule has 0 aliphatic carbocycles. The first-order valence-electron chi connectivity index (χ1n) is 12.0. The van der Waals surface area contributed by atoms with E-state index in [1.807, 2.05) is 42.6 Å². The number of carbonyl (C=O) groups is 1. The van der Waals surface area contributed by atoms with Gasteiger partial charge in [0.25, 0.3) is 0 Å². The highest BCUT2D eigenvalue weighted by Gasteiger charge is 2.42. The van der Waals surface area contributed by atoms with E-state index in [0.29, 0.717) is 10.7 Å². The van der Waals surface area contributed by atoms with Crippen molar-refractivity contribution in [3.63, 3.8) is 0 Å². The number of aromatic nitrogens is 2. The monoisotopic (exact) mass is 490 g/mol. The van der Waals surface area contributed by atoms with Crippen LogP contribution in [0, 0.1) is 13.8 Å². The van der Waals surface area contributed by atoms with Gasteiger partial charge in [0.1, 0.15) is 0 Å². The molecule has 7 nitrogen and oxygen atoms in total. The van der Waals surface area contributed by atoms with Gasteiger partial charge < -0.3 is 24.3 Å². The van der Waals surface area contributed by atoms with Gasteiger partial charge in [-0.3, -0.25) is 4.98 Å². The number of methoxy groups -OCH3 is 1. The molecule has 3 atom stereocenters. The number of pyridine rings is 1. The van der Waals surface area contributed by atoms with Gasteiger partial charge in [-0.15, -0.1) is 0 Å². The number of carbonyl (C=O) groups excluding carboxylic acids is 1. The fourth-order valence-corrected chi connectivity index (χ4v) is 5.67. The number of hydrogen-bond donors (Lipinski definition) is 1. The van der Waals surface area contributed by atoms with E-state index in [-0.39, 0.29) is 24.2 Å². The molecular formula is C27H30N4O3S. The lowest BCUT2D eigenvalue weighted by atomic mass is 9.96. The van der Waals surface area contributed by atoms with Gasteiger partial charge in [0.2, 0.25) is 0 Å². The minimum absolute atomic E-state index is 0.0631. The highest BCUT2D eigenvalue weighted by atomic mass is 32.1. The van der Waals surface area contributed by atoms with Gasteiger partial charge >= 0.3 is 5.97 Å². The van der Waals surface area contributed by atoms with Crippen LogP contribution in [0.4, 0.5) is 0 Å². The lowest BCUT2D eigenvalue weighted by Gasteiger charge is -2.30. The summed E-state index contributed by atoms with van der Waals surface area (Å²) in [7, 11) is 1.41. The van der Waals surface area contributed by atoms with E-state index >= 15 is 0 Å². The molecule has 1 N–H and O–H groups in total. The largest absolute Gasteiger partial charge is 0.465 e. The number of aryl methyl sites for hydroxylation is 1. The Kier molecular flexibility index (Phi) is 6.58. The molecule has 2 saturated heterocycles. The number of benzene rings is 1. The molecule has 0 unspecified atom stereocenters. The summed E-state index contributed by atoms with van der Waals surface area (Å²) in [5.41, 5.74) is 5.49. The van der Waals surface area contributed by atoms with E-state index < -0.39 is 0 Å². The molecule has 3 aromatic rings. The fourth-order valence-electron chi connectivity index (χ4n) is 5.36. The van der Waals surface area contributed by atoms with E-state index in [1.54, 1.807) is 6.07 Å². The number of ether oxygens (including phenoxy) is 2. The Morgan fingerprint density at radius 2 is 2.03 bits per heavy atom. The molecule has 0 bridgehead atoms. The van der Waals surface area contributed by atoms with E-state index in [4.69, 9.17) is 21.7 Å². The summed E-state index contributed by atoms with van der Waals surface area (Å²) in [6.07, 6.45) is 4.08. The van der Waals surface area contributed by atoms with Crippen LogP contribution in [0.3, 0.4) is 0 Å². The topological polar surface area (TPSA) is 68.6 Å². The van der Waals surface area contributed by atoms with E-state index in [1.165, 1.54) is 7.11 Å². The van der Waals surface area contributed by atoms with Crippen molar-refractivity contribution in [2.75, 3.05) is 20.3 Å². The number of nitrogens with zero attached hydrogens (tertiary/aromatic N) is 3. The zero-order valence-corrected chi connectivity index (χ0v) is 21.0. The third kappa shape index (κ3) is 4.32. The van der Waals surface area contributed by atoms with Crippen LogP contribution < -0.4 is 5.32 Å². The Labute approximate surface area is 211 Å². The fraction of sp³-hybridized carbons (Fsp3) is 0.370. The first-order valence-corrected chi connectivity index (χ1v) is 12.4. The maximum Gasteiger partial charge on any atom is 0.339 e. The lowest BCUT2D eigenvalue weighted by molar-refractivity contribution is 0.0600. The van der Waals surface area contributed by atoms with Gasteiger partial charge in [-0.2, -0.15) is 0 Å². The Hall–Kier alpha value is -3.23. The Bertz CT molecular complexity index is 1240. The van der Waals surface area contributed by atoms with Crippen LogP contribution in [-0.2, 0) is 9.47 Å². The van der Waals surface area contributed by atoms with Crippen LogP contribution in [0.5, 0.6) is 0 Å². The summed E-state index contributed by atoms with van der Waals surface area (Å²) in [5.74, 6) is -0.357. The Morgan fingerprint density at radius 3 is 2.74 bits per heavy atom. The Morgan fingerprint density at radius 1 is 1.23 bits per heavy atom. The average molecular weight is 491 g/mol. The summed E-state index contributed by atoms with van der Waals surface area (Å²) in [5, 5.41) is 4.24. The van der Waals surface area contributed by atoms with E-state index in [2.05, 4.69) is 39.7 Å². The molecule has 8 heteroatoms. The van der Waals surface area contributed by atoms with Crippen molar-refractivity contribution >= 4 is 23.3 Å². The summed E-state index contributed by atoms with van der Waals surface area (Å²) in [4.78, 5) is 19.4. The minimum atomic E-state index is -0.357. The summed E-state index contributed by atoms with van der Waals surface area (Å²) < 4.78 is 13.2. The van der Waals surface area contributed by atoms with Crippen LogP contribution >= 0.6 is 12.2 Å². The molecule has 35 heavy (non-hydrogen) atoms. The van der Waals surface area contributed by atoms with Crippen molar-refractivity contribution in [2.45, 2.75) is 44.9 Å². The number of para-hydroxylation sites is 1. The maximum atomic E-state index is 12.5. The normalized spacial score (nSPS) is 21.9. The molecule has 1 aromatic carbocycles. The van der Waals surface area contributed by atoms with Gasteiger partial charge in [0.05, 0.1) is 42.2 Å². The molecule has 2 aromatic heterocycles. The van der Waals surface area contributed by atoms with Gasteiger partial charge in [0, 0.05) is 30.7 Å². The van der Waals surface area contributed by atoms with Crippen molar-refractivity contribution < 1.29 is 14.3 Å². The quantitative estimate of drug-likeness (QED) is 0.405. The smallest absolute Gasteiger partial charge is 0.339 e. The number of esters is 1. The first-order chi connectivity index (χ1) is 17.0. The summed E-state index contributed by atoms with van der Waals surface area (Å²) in [6.45, 7) is 5.68.